The fourth-order valence-electron chi connectivity index (χ4n) is 21.2. The van der Waals surface area contributed by atoms with Gasteiger partial charge in [-0.2, -0.15) is 0 Å². The minimum Gasteiger partial charge on any atom is -0.455 e. The third kappa shape index (κ3) is 15.3. The van der Waals surface area contributed by atoms with E-state index in [2.05, 4.69) is 532 Å². The van der Waals surface area contributed by atoms with Gasteiger partial charge in [0.1, 0.15) is 22.3 Å². The summed E-state index contributed by atoms with van der Waals surface area (Å²) in [5.74, 6) is 0. The molecule has 28 rings (SSSR count). The second-order valence-corrected chi connectivity index (χ2v) is 39.1. The maximum Gasteiger partial charge on any atom is 0.143 e. The summed E-state index contributed by atoms with van der Waals surface area (Å²) >= 11 is 3.76. The molecular weight excluding hydrogens is 1760 g/mol. The maximum atomic E-state index is 6.57. The number of fused-ring (bicyclic) bond motifs is 19. The fraction of sp³-hybridized carbons (Fsp3) is 0. The maximum absolute atomic E-state index is 6.57. The van der Waals surface area contributed by atoms with Crippen molar-refractivity contribution >= 4 is 184 Å². The lowest BCUT2D eigenvalue weighted by atomic mass is 9.92. The van der Waals surface area contributed by atoms with Crippen molar-refractivity contribution in [2.24, 2.45) is 0 Å². The van der Waals surface area contributed by atoms with Crippen molar-refractivity contribution in [3.05, 3.63) is 522 Å². The van der Waals surface area contributed by atoms with Gasteiger partial charge in [-0.05, 0) is 332 Å². The molecule has 0 atom stereocenters. The molecule has 0 aliphatic carbocycles. The van der Waals surface area contributed by atoms with Crippen LogP contribution in [0, 0.1) is 0 Å². The van der Waals surface area contributed by atoms with Gasteiger partial charge in [0.05, 0.1) is 0 Å². The highest BCUT2D eigenvalue weighted by Crippen LogP contribution is 2.49. The molecule has 4 nitrogen and oxygen atoms in total. The lowest BCUT2D eigenvalue weighted by molar-refractivity contribution is 0.672. The van der Waals surface area contributed by atoms with Crippen LogP contribution in [0.25, 0.3) is 239 Å². The summed E-state index contributed by atoms with van der Waals surface area (Å²) in [6.07, 6.45) is 0. The number of hydrogen-bond donors (Lipinski definition) is 0. The highest BCUT2D eigenvalue weighted by Gasteiger charge is 2.23. The van der Waals surface area contributed by atoms with E-state index in [1.165, 1.54) is 145 Å². The molecule has 4 heterocycles. The lowest BCUT2D eigenvalue weighted by Crippen LogP contribution is -2.09. The lowest BCUT2D eigenvalue weighted by Gasteiger charge is -2.26. The Labute approximate surface area is 829 Å². The first-order valence-electron chi connectivity index (χ1n) is 48.4. The van der Waals surface area contributed by atoms with Crippen LogP contribution >= 0.6 is 22.7 Å². The number of hydrogen-bond acceptors (Lipinski definition) is 6. The van der Waals surface area contributed by atoms with Gasteiger partial charge in [0.2, 0.25) is 0 Å². The van der Waals surface area contributed by atoms with E-state index < -0.39 is 0 Å². The molecule has 142 heavy (non-hydrogen) atoms. The van der Waals surface area contributed by atoms with Crippen LogP contribution in [-0.4, -0.2) is 0 Å². The Morgan fingerprint density at radius 1 is 0.134 bits per heavy atom. The Morgan fingerprint density at radius 3 is 0.768 bits per heavy atom. The van der Waals surface area contributed by atoms with Gasteiger partial charge >= 0.3 is 0 Å². The van der Waals surface area contributed by atoms with Crippen LogP contribution in [0.3, 0.4) is 0 Å². The number of benzene rings is 24. The summed E-state index contributed by atoms with van der Waals surface area (Å²) in [4.78, 5) is 4.71. The molecule has 0 spiro atoms. The Bertz CT molecular complexity index is 9390. The molecule has 0 bridgehead atoms. The largest absolute Gasteiger partial charge is 0.455 e. The summed E-state index contributed by atoms with van der Waals surface area (Å²) in [6, 6.07) is 190. The highest BCUT2D eigenvalue weighted by molar-refractivity contribution is 7.26. The quantitative estimate of drug-likeness (QED) is 0.0965. The predicted molar refractivity (Wildman–Crippen MR) is 607 cm³/mol. The molecule has 0 saturated carbocycles. The van der Waals surface area contributed by atoms with Gasteiger partial charge in [-0.3, -0.25) is 0 Å². The summed E-state index contributed by atoms with van der Waals surface area (Å²) in [7, 11) is 0. The molecule has 0 radical (unpaired) electrons. The van der Waals surface area contributed by atoms with Gasteiger partial charge in [0.25, 0.3) is 0 Å². The second-order valence-electron chi connectivity index (χ2n) is 36.9. The van der Waals surface area contributed by atoms with Crippen LogP contribution in [-0.2, 0) is 0 Å². The van der Waals surface area contributed by atoms with Crippen LogP contribution in [0.4, 0.5) is 34.1 Å². The minimum atomic E-state index is 0.880. The third-order valence-electron chi connectivity index (χ3n) is 28.5. The Kier molecular flexibility index (Phi) is 20.7. The summed E-state index contributed by atoms with van der Waals surface area (Å²) < 4.78 is 18.4. The zero-order valence-electron chi connectivity index (χ0n) is 77.2. The molecule has 6 heteroatoms. The molecule has 24 aromatic carbocycles. The normalized spacial score (nSPS) is 11.7. The Balaban J connectivity index is 0.000000142. The van der Waals surface area contributed by atoms with E-state index >= 15 is 0 Å². The number of rotatable bonds is 16. The van der Waals surface area contributed by atoms with E-state index in [1.54, 1.807) is 0 Å². The highest BCUT2D eigenvalue weighted by atomic mass is 32.1. The Hall–Kier alpha value is -18.0. The average Bonchev–Trinajstić information content (AvgIpc) is 1.57. The number of thiophene rings is 2. The van der Waals surface area contributed by atoms with E-state index in [0.717, 1.165) is 128 Å². The summed E-state index contributed by atoms with van der Waals surface area (Å²) in [5, 5.41) is 19.4. The topological polar surface area (TPSA) is 32.8 Å². The van der Waals surface area contributed by atoms with Crippen molar-refractivity contribution in [2.45, 2.75) is 0 Å². The standard InChI is InChI=1S/C68H43NO2.C68H43NS2/c1-3-11-44(12-4-1)46-19-29-56(30-20-46)69(57-31-21-47(22-32-57)45-13-5-2-6-14-45)58-33-23-48(24-34-58)53-39-54(51-27-37-65-63(42-51)61-35-25-49-15-7-9-17-59(49)67(61)70-65)41-55(40-53)52-28-38-66-64(43-52)62-36-26-50-16-8-10-18-60(50)68(62)71-66;1-3-11-44(12-4-1)46-19-28-57(29-20-46)69(58-30-21-47(22-31-58)45-13-5-2-6-14-45)59-32-23-48(24-33-59)54-37-55(52-26-34-64-61(41-52)62-40-50-16-7-8-17-51(50)43-67(62)71-64)39-56(38-54)53-27-35-65-63(42-53)68-60-18-10-9-15-49(60)25-36-66(68)70-65/h2*1-43H. The van der Waals surface area contributed by atoms with E-state index in [9.17, 15) is 0 Å². The SMILES string of the molecule is c1ccc(-c2ccc(N(c3ccc(-c4ccccc4)cc3)c3ccc(-c4cc(-c5ccc6oc7c8ccccc8ccc7c6c5)cc(-c5ccc6oc7c8ccccc8ccc7c6c5)c4)cc3)cc2)cc1.c1ccc(-c2ccc(N(c3ccc(-c4ccccc4)cc3)c3ccc(-c4cc(-c5ccc6sc7cc8ccccc8cc7c6c5)cc(-c5ccc6sc7ccc8ccccc8c7c6c5)c4)cc3)cc2)cc1. The van der Waals surface area contributed by atoms with Gasteiger partial charge in [-0.25, -0.2) is 0 Å². The van der Waals surface area contributed by atoms with Crippen molar-refractivity contribution in [1.82, 2.24) is 0 Å². The molecule has 0 amide bonds. The summed E-state index contributed by atoms with van der Waals surface area (Å²) in [5.41, 5.74) is 33.6. The molecule has 0 fully saturated rings. The molecule has 0 unspecified atom stereocenters. The summed E-state index contributed by atoms with van der Waals surface area (Å²) in [6.45, 7) is 0. The second kappa shape index (κ2) is 35.2. The van der Waals surface area contributed by atoms with Gasteiger partial charge in [0.15, 0.2) is 0 Å². The smallest absolute Gasteiger partial charge is 0.143 e. The van der Waals surface area contributed by atoms with Crippen LogP contribution in [0.5, 0.6) is 0 Å². The molecule has 0 N–H and O–H groups in total. The van der Waals surface area contributed by atoms with Crippen LogP contribution in [0.2, 0.25) is 0 Å². The van der Waals surface area contributed by atoms with Gasteiger partial charge in [-0.15, -0.1) is 22.7 Å². The first-order chi connectivity index (χ1) is 70.3. The number of furan rings is 2. The van der Waals surface area contributed by atoms with Gasteiger partial charge in [0, 0.05) is 107 Å². The molecule has 0 aliphatic heterocycles. The predicted octanol–water partition coefficient (Wildman–Crippen LogP) is 40.1. The molecule has 0 aliphatic rings. The van der Waals surface area contributed by atoms with E-state index in [4.69, 9.17) is 8.83 Å². The van der Waals surface area contributed by atoms with E-state index in [-0.39, 0.29) is 0 Å². The fourth-order valence-corrected chi connectivity index (χ4v) is 23.4. The van der Waals surface area contributed by atoms with Gasteiger partial charge < -0.3 is 18.6 Å². The number of nitrogens with zero attached hydrogens (tertiary/aromatic N) is 2. The minimum absolute atomic E-state index is 0.880. The van der Waals surface area contributed by atoms with E-state index in [0.29, 0.717) is 0 Å². The average molecular weight is 1840 g/mol. The monoisotopic (exact) mass is 1840 g/mol. The molecule has 0 saturated heterocycles. The van der Waals surface area contributed by atoms with Crippen molar-refractivity contribution in [3.63, 3.8) is 0 Å². The number of anilines is 6. The van der Waals surface area contributed by atoms with Crippen LogP contribution in [0.15, 0.2) is 531 Å². The molecule has 664 valence electrons. The molecule has 4 aromatic heterocycles. The van der Waals surface area contributed by atoms with Crippen molar-refractivity contribution < 1.29 is 8.83 Å². The molecule has 28 aromatic rings. The third-order valence-corrected chi connectivity index (χ3v) is 30.7. The van der Waals surface area contributed by atoms with E-state index in [1.807, 2.05) is 22.7 Å². The zero-order valence-corrected chi connectivity index (χ0v) is 78.8. The van der Waals surface area contributed by atoms with Crippen LogP contribution in [0.1, 0.15) is 0 Å². The first kappa shape index (κ1) is 83.3. The van der Waals surface area contributed by atoms with Gasteiger partial charge in [-0.1, -0.05) is 334 Å². The Morgan fingerprint density at radius 2 is 0.387 bits per heavy atom. The first-order valence-corrected chi connectivity index (χ1v) is 50.0. The van der Waals surface area contributed by atoms with Crippen molar-refractivity contribution in [1.29, 1.82) is 0 Å². The van der Waals surface area contributed by atoms with Crippen molar-refractivity contribution in [3.8, 4) is 111 Å². The zero-order chi connectivity index (χ0) is 93.7. The van der Waals surface area contributed by atoms with Crippen LogP contribution < -0.4 is 9.80 Å². The molecular formula is C136H86N2O2S2. The van der Waals surface area contributed by atoms with Crippen molar-refractivity contribution in [2.75, 3.05) is 9.80 Å².